The summed E-state index contributed by atoms with van der Waals surface area (Å²) in [6, 6.07) is 10.2. The van der Waals surface area contributed by atoms with E-state index in [0.29, 0.717) is 27.4 Å². The van der Waals surface area contributed by atoms with Crippen LogP contribution in [0.5, 0.6) is 0 Å². The third kappa shape index (κ3) is 3.18. The topological polar surface area (TPSA) is 102 Å². The van der Waals surface area contributed by atoms with E-state index in [2.05, 4.69) is 45.9 Å². The average molecular weight is 446 g/mol. The highest BCUT2D eigenvalue weighted by Gasteiger charge is 2.26. The van der Waals surface area contributed by atoms with E-state index in [9.17, 15) is 5.26 Å². The van der Waals surface area contributed by atoms with E-state index in [-0.39, 0.29) is 39.7 Å². The molecule has 0 spiro atoms. The first-order valence-electron chi connectivity index (χ1n) is 12.8. The molecule has 0 radical (unpaired) electrons. The molecule has 4 aromatic heterocycles. The van der Waals surface area contributed by atoms with Crippen molar-refractivity contribution in [1.29, 1.82) is 5.26 Å². The molecule has 0 bridgehead atoms. The van der Waals surface area contributed by atoms with Crippen LogP contribution in [0.3, 0.4) is 0 Å². The monoisotopic (exact) mass is 445 g/mol. The van der Waals surface area contributed by atoms with Gasteiger partial charge in [-0.05, 0) is 43.0 Å². The molecule has 0 amide bonds. The molecule has 5 aromatic rings. The van der Waals surface area contributed by atoms with E-state index < -0.39 is 21.8 Å². The predicted octanol–water partition coefficient (Wildman–Crippen LogP) is 5.13. The lowest BCUT2D eigenvalue weighted by molar-refractivity contribution is 0.595. The Labute approximate surface area is 194 Å². The molecular formula is C24H21N5O2Si. The number of para-hydroxylation sites is 1. The lowest BCUT2D eigenvalue weighted by Gasteiger charge is -2.07. The Hall–Kier alpha value is -3.83. The molecule has 0 atom stereocenters. The second-order valence-electron chi connectivity index (χ2n) is 8.41. The van der Waals surface area contributed by atoms with Crippen molar-refractivity contribution in [2.45, 2.75) is 33.3 Å². The van der Waals surface area contributed by atoms with Gasteiger partial charge in [-0.25, -0.2) is 4.98 Å². The molecule has 1 aromatic carbocycles. The maximum atomic E-state index is 9.84. The summed E-state index contributed by atoms with van der Waals surface area (Å²) in [6.45, 7) is 0.870. The van der Waals surface area contributed by atoms with E-state index >= 15 is 0 Å². The van der Waals surface area contributed by atoms with Crippen LogP contribution in [0.2, 0.25) is 19.6 Å². The molecule has 32 heavy (non-hydrogen) atoms. The molecule has 0 aliphatic carbocycles. The number of nitriles is 1. The molecule has 0 aliphatic heterocycles. The molecule has 8 heteroatoms. The fourth-order valence-corrected chi connectivity index (χ4v) is 4.15. The zero-order valence-corrected chi connectivity index (χ0v) is 18.5. The predicted molar refractivity (Wildman–Crippen MR) is 125 cm³/mol. The first kappa shape index (κ1) is 14.3. The third-order valence-electron chi connectivity index (χ3n) is 5.06. The number of hydrogen-bond acceptors (Lipinski definition) is 7. The largest absolute Gasteiger partial charge is 0.437 e. The summed E-state index contributed by atoms with van der Waals surface area (Å²) in [4.78, 5) is 8.79. The lowest BCUT2D eigenvalue weighted by atomic mass is 10.0. The minimum atomic E-state index is -2.67. The van der Waals surface area contributed by atoms with Crippen LogP contribution in [0, 0.1) is 25.0 Å². The molecule has 0 fully saturated rings. The number of pyridine rings is 2. The number of rotatable bonds is 3. The highest BCUT2D eigenvalue weighted by atomic mass is 28.3. The molecule has 0 N–H and O–H groups in total. The van der Waals surface area contributed by atoms with Crippen molar-refractivity contribution in [2.24, 2.45) is 0 Å². The highest BCUT2D eigenvalue weighted by Crippen LogP contribution is 2.36. The maximum absolute atomic E-state index is 9.84. The van der Waals surface area contributed by atoms with Crippen molar-refractivity contribution < 1.29 is 17.1 Å². The van der Waals surface area contributed by atoms with Crippen molar-refractivity contribution in [2.75, 3.05) is 0 Å². The van der Waals surface area contributed by atoms with Gasteiger partial charge in [0.2, 0.25) is 5.71 Å². The first-order chi connectivity index (χ1) is 17.7. The summed E-state index contributed by atoms with van der Waals surface area (Å²) in [7, 11) is -1.89. The smallest absolute Gasteiger partial charge is 0.267 e. The summed E-state index contributed by atoms with van der Waals surface area (Å²) >= 11 is 0. The van der Waals surface area contributed by atoms with Crippen molar-refractivity contribution in [3.63, 3.8) is 0 Å². The Morgan fingerprint density at radius 3 is 2.59 bits per heavy atom. The summed E-state index contributed by atoms with van der Waals surface area (Å²) in [5, 5.41) is 19.3. The van der Waals surface area contributed by atoms with E-state index in [4.69, 9.17) is 17.1 Å². The number of benzene rings is 1. The fourth-order valence-electron chi connectivity index (χ4n) is 3.40. The summed E-state index contributed by atoms with van der Waals surface area (Å²) in [5.41, 5.74) is 1.55. The van der Waals surface area contributed by atoms with Crippen molar-refractivity contribution >= 4 is 35.7 Å². The van der Waals surface area contributed by atoms with E-state index in [0.717, 1.165) is 6.20 Å². The third-order valence-corrected chi connectivity index (χ3v) is 6.55. The van der Waals surface area contributed by atoms with E-state index in [1.165, 1.54) is 6.07 Å². The SMILES string of the molecule is [2H]C([2H])([2H])c1cnc(-c2cccc3c2oc2nc(-c4nnc([Si](C)(C)C)o4)c(C#N)cc23)cc1C([2H])([2H])[2H]. The lowest BCUT2D eigenvalue weighted by Crippen LogP contribution is -2.38. The molecule has 0 saturated carbocycles. The van der Waals surface area contributed by atoms with Crippen LogP contribution in [0.1, 0.15) is 24.9 Å². The van der Waals surface area contributed by atoms with Gasteiger partial charge in [0.15, 0.2) is 13.6 Å². The zero-order valence-electron chi connectivity index (χ0n) is 23.5. The first-order valence-corrected chi connectivity index (χ1v) is 13.3. The Morgan fingerprint density at radius 1 is 1.03 bits per heavy atom. The van der Waals surface area contributed by atoms with Gasteiger partial charge < -0.3 is 8.83 Å². The summed E-state index contributed by atoms with van der Waals surface area (Å²) in [5.74, 6) is 0.116. The van der Waals surface area contributed by atoms with E-state index in [1.54, 1.807) is 24.3 Å². The standard InChI is InChI=1S/C24H21N5O2Si/c1-13-9-19(26-12-14(13)2)17-8-6-7-16-18-10-15(11-25)20(27-22(18)30-21(16)17)23-28-29-24(31-23)32(3,4)5/h6-10,12H,1-5H3/i1D3,2D3. The molecule has 7 nitrogen and oxygen atoms in total. The van der Waals surface area contributed by atoms with Gasteiger partial charge in [0, 0.05) is 30.8 Å². The Kier molecular flexibility index (Phi) is 3.17. The molecule has 158 valence electrons. The van der Waals surface area contributed by atoms with Gasteiger partial charge in [-0.1, -0.05) is 31.8 Å². The van der Waals surface area contributed by atoms with Gasteiger partial charge in [0.1, 0.15) is 17.3 Å². The Balaban J connectivity index is 1.72. The van der Waals surface area contributed by atoms with Crippen molar-refractivity contribution in [3.05, 3.63) is 53.2 Å². The number of hydrogen-bond donors (Lipinski definition) is 0. The second kappa shape index (κ2) is 7.11. The normalized spacial score (nSPS) is 15.4. The number of aryl methyl sites for hydroxylation is 2. The second-order valence-corrected chi connectivity index (χ2v) is 13.3. The van der Waals surface area contributed by atoms with Crippen LogP contribution in [-0.2, 0) is 0 Å². The Morgan fingerprint density at radius 2 is 1.88 bits per heavy atom. The zero-order chi connectivity index (χ0) is 27.6. The van der Waals surface area contributed by atoms with Gasteiger partial charge in [-0.15, -0.1) is 10.2 Å². The van der Waals surface area contributed by atoms with Crippen LogP contribution in [0.4, 0.5) is 0 Å². The molecular weight excluding hydrogens is 418 g/mol. The Bertz CT molecular complexity index is 1760. The van der Waals surface area contributed by atoms with Gasteiger partial charge in [0.05, 0.1) is 11.3 Å². The highest BCUT2D eigenvalue weighted by molar-refractivity contribution is 6.87. The molecule has 0 saturated heterocycles. The van der Waals surface area contributed by atoms with Crippen LogP contribution >= 0.6 is 0 Å². The van der Waals surface area contributed by atoms with Crippen LogP contribution in [0.25, 0.3) is 44.9 Å². The summed E-state index contributed by atoms with van der Waals surface area (Å²) < 4.78 is 58.7. The molecule has 4 heterocycles. The van der Waals surface area contributed by atoms with Crippen LogP contribution < -0.4 is 5.51 Å². The molecule has 0 aliphatic rings. The van der Waals surface area contributed by atoms with Crippen molar-refractivity contribution in [1.82, 2.24) is 20.2 Å². The number of fused-ring (bicyclic) bond motifs is 3. The molecule has 5 rings (SSSR count). The van der Waals surface area contributed by atoms with E-state index in [1.807, 2.05) is 0 Å². The van der Waals surface area contributed by atoms with Gasteiger partial charge in [0.25, 0.3) is 5.89 Å². The van der Waals surface area contributed by atoms with Crippen LogP contribution in [0.15, 0.2) is 45.4 Å². The average Bonchev–Trinajstić information content (AvgIpc) is 3.46. The minimum absolute atomic E-state index is 0.116. The molecule has 0 unspecified atom stereocenters. The maximum Gasteiger partial charge on any atom is 0.267 e. The quantitative estimate of drug-likeness (QED) is 0.355. The van der Waals surface area contributed by atoms with Gasteiger partial charge in [-0.2, -0.15) is 5.26 Å². The number of furan rings is 1. The van der Waals surface area contributed by atoms with Gasteiger partial charge >= 0.3 is 0 Å². The summed E-state index contributed by atoms with van der Waals surface area (Å²) in [6.07, 6.45) is 1.07. The number of nitrogens with zero attached hydrogens (tertiary/aromatic N) is 5. The van der Waals surface area contributed by atoms with Crippen molar-refractivity contribution in [3.8, 4) is 28.9 Å². The minimum Gasteiger partial charge on any atom is -0.437 e. The fraction of sp³-hybridized carbons (Fsp3) is 0.208. The van der Waals surface area contributed by atoms with Crippen LogP contribution in [-0.4, -0.2) is 28.2 Å². The number of aromatic nitrogens is 4. The van der Waals surface area contributed by atoms with Gasteiger partial charge in [-0.3, -0.25) is 4.98 Å².